The Kier molecular flexibility index (Phi) is 5.48. The Bertz CT molecular complexity index is 741. The first-order valence-corrected chi connectivity index (χ1v) is 10.0. The molecule has 0 saturated carbocycles. The van der Waals surface area contributed by atoms with Crippen LogP contribution in [-0.4, -0.2) is 51.9 Å². The molecule has 0 radical (unpaired) electrons. The number of carbonyl (C=O) groups is 1. The van der Waals surface area contributed by atoms with Crippen molar-refractivity contribution in [1.29, 1.82) is 0 Å². The minimum absolute atomic E-state index is 0.202. The number of amides is 1. The number of aryl methyl sites for hydroxylation is 1. The summed E-state index contributed by atoms with van der Waals surface area (Å²) >= 11 is 0. The first-order valence-electron chi connectivity index (χ1n) is 10.0. The molecule has 2 saturated heterocycles. The topological polar surface area (TPSA) is 49.3 Å². The molecule has 0 atom stereocenters. The van der Waals surface area contributed by atoms with Gasteiger partial charge < -0.3 is 4.90 Å². The normalized spacial score (nSPS) is 19.7. The Balaban J connectivity index is 1.25. The van der Waals surface area contributed by atoms with Crippen molar-refractivity contribution >= 4 is 5.91 Å². The number of carbonyl (C=O) groups excluding carboxylic acids is 1. The highest BCUT2D eigenvalue weighted by molar-refractivity contribution is 5.79. The lowest BCUT2D eigenvalue weighted by Crippen LogP contribution is -2.41. The van der Waals surface area contributed by atoms with Gasteiger partial charge in [-0.15, -0.1) is 0 Å². The zero-order valence-electron chi connectivity index (χ0n) is 15.9. The molecule has 4 rings (SSSR count). The molecule has 142 valence electrons. The molecule has 0 aliphatic carbocycles. The number of likely N-dealkylation sites (tertiary alicyclic amines) is 2. The molecule has 5 nitrogen and oxygen atoms in total. The smallest absolute Gasteiger partial charge is 0.223 e. The van der Waals surface area contributed by atoms with Crippen molar-refractivity contribution in [3.05, 3.63) is 60.2 Å². The van der Waals surface area contributed by atoms with Crippen molar-refractivity contribution in [1.82, 2.24) is 19.8 Å². The van der Waals surface area contributed by atoms with E-state index in [1.165, 1.54) is 11.1 Å². The van der Waals surface area contributed by atoms with Crippen LogP contribution in [0.1, 0.15) is 36.8 Å². The molecule has 2 aliphatic heterocycles. The van der Waals surface area contributed by atoms with Gasteiger partial charge in [0.25, 0.3) is 0 Å². The van der Waals surface area contributed by atoms with Gasteiger partial charge in [-0.1, -0.05) is 30.3 Å². The van der Waals surface area contributed by atoms with E-state index in [1.807, 2.05) is 12.4 Å². The van der Waals surface area contributed by atoms with Crippen LogP contribution < -0.4 is 0 Å². The molecule has 0 unspecified atom stereocenters. The third kappa shape index (κ3) is 4.53. The highest BCUT2D eigenvalue weighted by Crippen LogP contribution is 2.41. The van der Waals surface area contributed by atoms with Crippen LogP contribution in [0, 0.1) is 5.41 Å². The Morgan fingerprint density at radius 2 is 1.74 bits per heavy atom. The monoisotopic (exact) mass is 364 g/mol. The van der Waals surface area contributed by atoms with E-state index in [4.69, 9.17) is 0 Å². The van der Waals surface area contributed by atoms with Crippen molar-refractivity contribution in [3.63, 3.8) is 0 Å². The van der Waals surface area contributed by atoms with Crippen LogP contribution in [0.2, 0.25) is 0 Å². The van der Waals surface area contributed by atoms with Gasteiger partial charge in [0, 0.05) is 44.0 Å². The van der Waals surface area contributed by atoms with E-state index in [0.717, 1.165) is 64.8 Å². The number of hydrogen-bond donors (Lipinski definition) is 0. The fraction of sp³-hybridized carbons (Fsp3) is 0.500. The lowest BCUT2D eigenvalue weighted by atomic mass is 9.77. The molecular formula is C22H28N4O. The second-order valence-corrected chi connectivity index (χ2v) is 8.10. The number of aromatic nitrogens is 2. The second kappa shape index (κ2) is 8.17. The molecule has 5 heteroatoms. The summed E-state index contributed by atoms with van der Waals surface area (Å²) in [6, 6.07) is 10.6. The molecule has 0 N–H and O–H groups in total. The molecule has 0 bridgehead atoms. The summed E-state index contributed by atoms with van der Waals surface area (Å²) in [6.45, 7) is 4.86. The van der Waals surface area contributed by atoms with Gasteiger partial charge in [0.2, 0.25) is 5.91 Å². The van der Waals surface area contributed by atoms with E-state index in [9.17, 15) is 4.79 Å². The summed E-state index contributed by atoms with van der Waals surface area (Å²) in [4.78, 5) is 25.3. The minimum atomic E-state index is 0.202. The quantitative estimate of drug-likeness (QED) is 0.791. The van der Waals surface area contributed by atoms with Gasteiger partial charge >= 0.3 is 0 Å². The summed E-state index contributed by atoms with van der Waals surface area (Å²) in [5.74, 6) is 0.355. The van der Waals surface area contributed by atoms with Gasteiger partial charge in [-0.05, 0) is 49.8 Å². The molecule has 27 heavy (non-hydrogen) atoms. The highest BCUT2D eigenvalue weighted by Gasteiger charge is 2.44. The zero-order valence-corrected chi connectivity index (χ0v) is 15.9. The van der Waals surface area contributed by atoms with Gasteiger partial charge in [0.1, 0.15) is 6.33 Å². The summed E-state index contributed by atoms with van der Waals surface area (Å²) in [5, 5.41) is 0. The SMILES string of the molecule is O=C1CC2(CCN(Cc3cncnc3)CC2)CN1CCCc1ccccc1. The van der Waals surface area contributed by atoms with Crippen molar-refractivity contribution in [2.45, 2.75) is 38.6 Å². The number of nitrogens with zero attached hydrogens (tertiary/aromatic N) is 4. The Morgan fingerprint density at radius 1 is 1.00 bits per heavy atom. The summed E-state index contributed by atoms with van der Waals surface area (Å²) in [7, 11) is 0. The minimum Gasteiger partial charge on any atom is -0.342 e. The number of benzene rings is 1. The van der Waals surface area contributed by atoms with Crippen LogP contribution in [0.3, 0.4) is 0 Å². The molecule has 2 fully saturated rings. The Labute approximate surface area is 161 Å². The van der Waals surface area contributed by atoms with Crippen LogP contribution in [-0.2, 0) is 17.8 Å². The predicted molar refractivity (Wildman–Crippen MR) is 105 cm³/mol. The Hall–Kier alpha value is -2.27. The first kappa shape index (κ1) is 18.1. The van der Waals surface area contributed by atoms with E-state index in [2.05, 4.69) is 50.1 Å². The largest absolute Gasteiger partial charge is 0.342 e. The molecular weight excluding hydrogens is 336 g/mol. The zero-order chi connectivity index (χ0) is 18.5. The second-order valence-electron chi connectivity index (χ2n) is 8.10. The molecule has 2 aromatic rings. The molecule has 1 amide bonds. The van der Waals surface area contributed by atoms with Gasteiger partial charge in [-0.25, -0.2) is 9.97 Å². The highest BCUT2D eigenvalue weighted by atomic mass is 16.2. The third-order valence-electron chi connectivity index (χ3n) is 6.08. The van der Waals surface area contributed by atoms with Gasteiger partial charge in [-0.2, -0.15) is 0 Å². The average molecular weight is 364 g/mol. The fourth-order valence-electron chi connectivity index (χ4n) is 4.49. The summed E-state index contributed by atoms with van der Waals surface area (Å²) in [6.07, 6.45) is 10.4. The lowest BCUT2D eigenvalue weighted by Gasteiger charge is -2.38. The van der Waals surface area contributed by atoms with Crippen molar-refractivity contribution < 1.29 is 4.79 Å². The predicted octanol–water partition coefficient (Wildman–Crippen LogP) is 2.92. The van der Waals surface area contributed by atoms with Gasteiger partial charge in [-0.3, -0.25) is 9.69 Å². The maximum absolute atomic E-state index is 12.6. The van der Waals surface area contributed by atoms with Gasteiger partial charge in [0.05, 0.1) is 0 Å². The van der Waals surface area contributed by atoms with E-state index in [-0.39, 0.29) is 5.41 Å². The average Bonchev–Trinajstić information content (AvgIpc) is 3.01. The number of hydrogen-bond acceptors (Lipinski definition) is 4. The molecule has 3 heterocycles. The van der Waals surface area contributed by atoms with Crippen LogP contribution >= 0.6 is 0 Å². The Morgan fingerprint density at radius 3 is 2.48 bits per heavy atom. The third-order valence-corrected chi connectivity index (χ3v) is 6.08. The standard InChI is InChI=1S/C22H28N4O/c27-21-13-22(17-26(21)10-4-7-19-5-2-1-3-6-19)8-11-25(12-9-22)16-20-14-23-18-24-15-20/h1-3,5-6,14-15,18H,4,7-13,16-17H2. The van der Waals surface area contributed by atoms with Crippen LogP contribution in [0.4, 0.5) is 0 Å². The fourth-order valence-corrected chi connectivity index (χ4v) is 4.49. The van der Waals surface area contributed by atoms with Gasteiger partial charge in [0.15, 0.2) is 0 Å². The van der Waals surface area contributed by atoms with E-state index in [0.29, 0.717) is 5.91 Å². The summed E-state index contributed by atoms with van der Waals surface area (Å²) in [5.41, 5.74) is 2.73. The molecule has 1 aromatic heterocycles. The van der Waals surface area contributed by atoms with Crippen LogP contribution in [0.5, 0.6) is 0 Å². The van der Waals surface area contributed by atoms with E-state index in [1.54, 1.807) is 6.33 Å². The first-order chi connectivity index (χ1) is 13.2. The van der Waals surface area contributed by atoms with Crippen LogP contribution in [0.25, 0.3) is 0 Å². The maximum Gasteiger partial charge on any atom is 0.223 e. The summed E-state index contributed by atoms with van der Waals surface area (Å²) < 4.78 is 0. The van der Waals surface area contributed by atoms with E-state index >= 15 is 0 Å². The van der Waals surface area contributed by atoms with E-state index < -0.39 is 0 Å². The maximum atomic E-state index is 12.6. The number of piperidine rings is 1. The van der Waals surface area contributed by atoms with Crippen molar-refractivity contribution in [2.24, 2.45) is 5.41 Å². The van der Waals surface area contributed by atoms with Crippen molar-refractivity contribution in [2.75, 3.05) is 26.2 Å². The lowest BCUT2D eigenvalue weighted by molar-refractivity contribution is -0.127. The number of rotatable bonds is 6. The van der Waals surface area contributed by atoms with Crippen molar-refractivity contribution in [3.8, 4) is 0 Å². The van der Waals surface area contributed by atoms with Crippen LogP contribution in [0.15, 0.2) is 49.1 Å². The molecule has 2 aliphatic rings. The molecule has 1 aromatic carbocycles. The molecule has 1 spiro atoms.